The van der Waals surface area contributed by atoms with Crippen LogP contribution in [-0.4, -0.2) is 69.0 Å². The van der Waals surface area contributed by atoms with Crippen molar-refractivity contribution in [1.29, 1.82) is 0 Å². The van der Waals surface area contributed by atoms with Crippen molar-refractivity contribution >= 4 is 5.96 Å². The first-order valence-electron chi connectivity index (χ1n) is 7.36. The Labute approximate surface area is 123 Å². The van der Waals surface area contributed by atoms with Crippen molar-refractivity contribution in [3.8, 4) is 0 Å². The van der Waals surface area contributed by atoms with Gasteiger partial charge < -0.3 is 15.4 Å². The van der Waals surface area contributed by atoms with E-state index in [9.17, 15) is 13.2 Å². The average Bonchev–Trinajstić information content (AvgIpc) is 2.79. The molecule has 1 rings (SSSR count). The Hall–Kier alpha value is -1.02. The molecule has 1 heterocycles. The maximum absolute atomic E-state index is 12.3. The minimum atomic E-state index is -4.13. The molecule has 0 aromatic carbocycles. The van der Waals surface area contributed by atoms with Gasteiger partial charge in [0.15, 0.2) is 5.96 Å². The van der Waals surface area contributed by atoms with Gasteiger partial charge in [-0.15, -0.1) is 0 Å². The van der Waals surface area contributed by atoms with Crippen LogP contribution in [0.1, 0.15) is 20.3 Å². The maximum atomic E-state index is 12.3. The number of hydrogen-bond donors (Lipinski definition) is 2. The summed E-state index contributed by atoms with van der Waals surface area (Å²) in [6, 6.07) is -0.00255. The number of likely N-dealkylation sites (tertiary alicyclic amines) is 1. The molecule has 1 saturated heterocycles. The van der Waals surface area contributed by atoms with E-state index >= 15 is 0 Å². The van der Waals surface area contributed by atoms with Crippen LogP contribution < -0.4 is 10.6 Å². The molecule has 0 amide bonds. The fourth-order valence-electron chi connectivity index (χ4n) is 2.23. The summed E-state index contributed by atoms with van der Waals surface area (Å²) in [7, 11) is 0. The van der Waals surface area contributed by atoms with Gasteiger partial charge in [-0.05, 0) is 20.3 Å². The van der Waals surface area contributed by atoms with Crippen LogP contribution in [0.2, 0.25) is 0 Å². The van der Waals surface area contributed by atoms with Crippen molar-refractivity contribution in [2.24, 2.45) is 4.99 Å². The molecule has 0 aromatic rings. The first kappa shape index (κ1) is 18.0. The van der Waals surface area contributed by atoms with Gasteiger partial charge in [-0.1, -0.05) is 0 Å². The molecule has 0 spiro atoms. The Morgan fingerprint density at radius 2 is 2.14 bits per heavy atom. The molecule has 1 unspecified atom stereocenters. The number of ether oxygens (including phenoxy) is 1. The van der Waals surface area contributed by atoms with Crippen molar-refractivity contribution in [3.05, 3.63) is 0 Å². The zero-order valence-electron chi connectivity index (χ0n) is 12.7. The number of guanidine groups is 1. The predicted octanol–water partition coefficient (Wildman–Crippen LogP) is 1.21. The van der Waals surface area contributed by atoms with Gasteiger partial charge in [0, 0.05) is 32.3 Å². The molecule has 8 heteroatoms. The van der Waals surface area contributed by atoms with Gasteiger partial charge in [0.1, 0.15) is 0 Å². The average molecular weight is 310 g/mol. The van der Waals surface area contributed by atoms with Crippen molar-refractivity contribution in [2.45, 2.75) is 32.5 Å². The lowest BCUT2D eigenvalue weighted by molar-refractivity contribution is -0.143. The number of nitrogens with zero attached hydrogens (tertiary/aromatic N) is 2. The van der Waals surface area contributed by atoms with Gasteiger partial charge in [-0.2, -0.15) is 13.2 Å². The molecule has 124 valence electrons. The van der Waals surface area contributed by atoms with Crippen LogP contribution in [0.4, 0.5) is 13.2 Å². The molecule has 1 fully saturated rings. The SMILES string of the molecule is CCNC(=NCCOCC)NC1CCN(CC(F)(F)F)C1. The van der Waals surface area contributed by atoms with Crippen LogP contribution in [0.3, 0.4) is 0 Å². The molecule has 0 bridgehead atoms. The topological polar surface area (TPSA) is 48.9 Å². The summed E-state index contributed by atoms with van der Waals surface area (Å²) in [5.41, 5.74) is 0. The van der Waals surface area contributed by atoms with Gasteiger partial charge in [-0.3, -0.25) is 9.89 Å². The number of hydrogen-bond acceptors (Lipinski definition) is 3. The molecule has 0 aromatic heterocycles. The maximum Gasteiger partial charge on any atom is 0.401 e. The smallest absolute Gasteiger partial charge is 0.380 e. The van der Waals surface area contributed by atoms with Crippen LogP contribution in [-0.2, 0) is 4.74 Å². The molecule has 21 heavy (non-hydrogen) atoms. The minimum absolute atomic E-state index is 0.00255. The van der Waals surface area contributed by atoms with Crippen LogP contribution in [0.25, 0.3) is 0 Å². The van der Waals surface area contributed by atoms with Crippen molar-refractivity contribution in [2.75, 3.05) is 45.9 Å². The highest BCUT2D eigenvalue weighted by Gasteiger charge is 2.34. The number of rotatable bonds is 7. The number of nitrogens with one attached hydrogen (secondary N) is 2. The van der Waals surface area contributed by atoms with E-state index < -0.39 is 12.7 Å². The van der Waals surface area contributed by atoms with Crippen molar-refractivity contribution in [3.63, 3.8) is 0 Å². The summed E-state index contributed by atoms with van der Waals surface area (Å²) in [6.45, 7) is 6.29. The normalized spacial score (nSPS) is 20.8. The molecule has 1 aliphatic heterocycles. The quantitative estimate of drug-likeness (QED) is 0.422. The fraction of sp³-hybridized carbons (Fsp3) is 0.923. The zero-order chi connectivity index (χ0) is 15.7. The summed E-state index contributed by atoms with van der Waals surface area (Å²) in [5.74, 6) is 0.635. The van der Waals surface area contributed by atoms with Crippen LogP contribution in [0, 0.1) is 0 Å². The fourth-order valence-corrected chi connectivity index (χ4v) is 2.23. The van der Waals surface area contributed by atoms with E-state index in [1.54, 1.807) is 0 Å². The van der Waals surface area contributed by atoms with Gasteiger partial charge >= 0.3 is 6.18 Å². The molecular weight excluding hydrogens is 285 g/mol. The standard InChI is InChI=1S/C13H25F3N4O/c1-3-17-12(18-6-8-21-4-2)19-11-5-7-20(9-11)10-13(14,15)16/h11H,3-10H2,1-2H3,(H2,17,18,19). The monoisotopic (exact) mass is 310 g/mol. The van der Waals surface area contributed by atoms with Crippen molar-refractivity contribution < 1.29 is 17.9 Å². The van der Waals surface area contributed by atoms with E-state index in [4.69, 9.17) is 4.74 Å². The Balaban J connectivity index is 2.38. The van der Waals surface area contributed by atoms with E-state index in [2.05, 4.69) is 15.6 Å². The van der Waals surface area contributed by atoms with Crippen LogP contribution in [0.15, 0.2) is 4.99 Å². The summed E-state index contributed by atoms with van der Waals surface area (Å²) in [4.78, 5) is 5.76. The molecule has 0 aliphatic carbocycles. The Morgan fingerprint density at radius 1 is 1.38 bits per heavy atom. The lowest BCUT2D eigenvalue weighted by Gasteiger charge is -2.19. The Morgan fingerprint density at radius 3 is 2.76 bits per heavy atom. The largest absolute Gasteiger partial charge is 0.401 e. The second-order valence-electron chi connectivity index (χ2n) is 4.94. The molecule has 1 atom stereocenters. The first-order chi connectivity index (χ1) is 9.94. The van der Waals surface area contributed by atoms with E-state index in [1.807, 2.05) is 13.8 Å². The molecule has 1 aliphatic rings. The van der Waals surface area contributed by atoms with Crippen molar-refractivity contribution in [1.82, 2.24) is 15.5 Å². The summed E-state index contributed by atoms with van der Waals surface area (Å²) < 4.78 is 42.2. The Kier molecular flexibility index (Phi) is 7.81. The van der Waals surface area contributed by atoms with Gasteiger partial charge in [0.05, 0.1) is 19.7 Å². The molecule has 5 nitrogen and oxygen atoms in total. The number of aliphatic imine (C=N–C) groups is 1. The zero-order valence-corrected chi connectivity index (χ0v) is 12.7. The third kappa shape index (κ3) is 8.11. The lowest BCUT2D eigenvalue weighted by atomic mass is 10.3. The summed E-state index contributed by atoms with van der Waals surface area (Å²) >= 11 is 0. The number of alkyl halides is 3. The van der Waals surface area contributed by atoms with Gasteiger partial charge in [0.25, 0.3) is 0 Å². The Bertz CT molecular complexity index is 323. The van der Waals surface area contributed by atoms with Gasteiger partial charge in [-0.25, -0.2) is 0 Å². The van der Waals surface area contributed by atoms with E-state index in [0.29, 0.717) is 51.8 Å². The second kappa shape index (κ2) is 9.09. The minimum Gasteiger partial charge on any atom is -0.380 e. The molecule has 0 radical (unpaired) electrons. The van der Waals surface area contributed by atoms with Crippen LogP contribution >= 0.6 is 0 Å². The second-order valence-corrected chi connectivity index (χ2v) is 4.94. The number of halogens is 3. The summed E-state index contributed by atoms with van der Waals surface area (Å²) in [6.07, 6.45) is -3.45. The van der Waals surface area contributed by atoms with E-state index in [1.165, 1.54) is 4.90 Å². The summed E-state index contributed by atoms with van der Waals surface area (Å²) in [5, 5.41) is 6.28. The highest BCUT2D eigenvalue weighted by molar-refractivity contribution is 5.80. The van der Waals surface area contributed by atoms with Gasteiger partial charge in [0.2, 0.25) is 0 Å². The van der Waals surface area contributed by atoms with Crippen LogP contribution in [0.5, 0.6) is 0 Å². The third-order valence-electron chi connectivity index (χ3n) is 3.07. The lowest BCUT2D eigenvalue weighted by Crippen LogP contribution is -2.45. The van der Waals surface area contributed by atoms with E-state index in [0.717, 1.165) is 0 Å². The highest BCUT2D eigenvalue weighted by Crippen LogP contribution is 2.19. The predicted molar refractivity (Wildman–Crippen MR) is 76.5 cm³/mol. The highest BCUT2D eigenvalue weighted by atomic mass is 19.4. The van der Waals surface area contributed by atoms with E-state index in [-0.39, 0.29) is 6.04 Å². The molecular formula is C13H25F3N4O. The molecule has 2 N–H and O–H groups in total. The first-order valence-corrected chi connectivity index (χ1v) is 7.36. The molecule has 0 saturated carbocycles. The third-order valence-corrected chi connectivity index (χ3v) is 3.07.